The summed E-state index contributed by atoms with van der Waals surface area (Å²) >= 11 is 3.42. The monoisotopic (exact) mass is 321 g/mol. The third kappa shape index (κ3) is 3.53. The molecule has 2 aromatic rings. The molecule has 5 heteroatoms. The molecular formula is C14H16BrN3O. The number of hydrazine groups is 1. The Kier molecular flexibility index (Phi) is 4.90. The van der Waals surface area contributed by atoms with E-state index in [1.165, 1.54) is 0 Å². The molecule has 1 unspecified atom stereocenters. The molecule has 1 atom stereocenters. The lowest BCUT2D eigenvalue weighted by Gasteiger charge is -2.17. The lowest BCUT2D eigenvalue weighted by atomic mass is 10.0. The first kappa shape index (κ1) is 14.0. The van der Waals surface area contributed by atoms with Crippen LogP contribution in [-0.2, 0) is 0 Å². The molecule has 19 heavy (non-hydrogen) atoms. The van der Waals surface area contributed by atoms with E-state index in [4.69, 9.17) is 10.6 Å². The molecule has 2 rings (SSSR count). The standard InChI is InChI=1S/C14H16BrN3O/c1-2-19-13-5-3-4-10(7-13)14(18-16)11-6-12(15)9-17-8-11/h3-9,14,18H,2,16H2,1H3. The van der Waals surface area contributed by atoms with Gasteiger partial charge >= 0.3 is 0 Å². The second-order valence-electron chi connectivity index (χ2n) is 4.04. The first-order valence-corrected chi connectivity index (χ1v) is 6.83. The first-order chi connectivity index (χ1) is 9.24. The van der Waals surface area contributed by atoms with Gasteiger partial charge in [-0.25, -0.2) is 5.43 Å². The van der Waals surface area contributed by atoms with Gasteiger partial charge in [-0.3, -0.25) is 10.8 Å². The Balaban J connectivity index is 2.33. The van der Waals surface area contributed by atoms with Crippen LogP contribution in [0.2, 0.25) is 0 Å². The van der Waals surface area contributed by atoms with Crippen LogP contribution in [0.1, 0.15) is 24.1 Å². The number of halogens is 1. The minimum absolute atomic E-state index is 0.120. The van der Waals surface area contributed by atoms with Crippen LogP contribution < -0.4 is 16.0 Å². The van der Waals surface area contributed by atoms with E-state index in [-0.39, 0.29) is 6.04 Å². The van der Waals surface area contributed by atoms with E-state index in [0.717, 1.165) is 21.3 Å². The van der Waals surface area contributed by atoms with Gasteiger partial charge in [-0.05, 0) is 52.2 Å². The topological polar surface area (TPSA) is 60.2 Å². The number of benzene rings is 1. The third-order valence-corrected chi connectivity index (χ3v) is 3.16. The number of hydrogen-bond donors (Lipinski definition) is 2. The van der Waals surface area contributed by atoms with Crippen molar-refractivity contribution in [1.82, 2.24) is 10.4 Å². The molecule has 100 valence electrons. The maximum Gasteiger partial charge on any atom is 0.119 e. The maximum atomic E-state index is 5.68. The van der Waals surface area contributed by atoms with E-state index in [2.05, 4.69) is 26.3 Å². The minimum Gasteiger partial charge on any atom is -0.494 e. The molecule has 1 aromatic carbocycles. The van der Waals surface area contributed by atoms with Crippen LogP contribution in [0.15, 0.2) is 47.2 Å². The Labute approximate surface area is 121 Å². The molecule has 0 aliphatic rings. The van der Waals surface area contributed by atoms with E-state index < -0.39 is 0 Å². The third-order valence-electron chi connectivity index (χ3n) is 2.73. The van der Waals surface area contributed by atoms with Gasteiger partial charge in [0, 0.05) is 16.9 Å². The molecule has 0 saturated carbocycles. The van der Waals surface area contributed by atoms with Gasteiger partial charge in [-0.2, -0.15) is 0 Å². The highest BCUT2D eigenvalue weighted by Gasteiger charge is 2.13. The number of ether oxygens (including phenoxy) is 1. The Bertz CT molecular complexity index is 548. The zero-order chi connectivity index (χ0) is 13.7. The fourth-order valence-electron chi connectivity index (χ4n) is 1.92. The molecule has 0 amide bonds. The van der Waals surface area contributed by atoms with Gasteiger partial charge in [-0.1, -0.05) is 12.1 Å². The Morgan fingerprint density at radius 2 is 2.16 bits per heavy atom. The number of rotatable bonds is 5. The van der Waals surface area contributed by atoms with Gasteiger partial charge < -0.3 is 4.74 Å². The number of pyridine rings is 1. The predicted octanol–water partition coefficient (Wildman–Crippen LogP) is 2.80. The summed E-state index contributed by atoms with van der Waals surface area (Å²) < 4.78 is 6.43. The summed E-state index contributed by atoms with van der Waals surface area (Å²) in [6.45, 7) is 2.60. The van der Waals surface area contributed by atoms with Crippen molar-refractivity contribution in [2.24, 2.45) is 5.84 Å². The van der Waals surface area contributed by atoms with Crippen LogP contribution in [-0.4, -0.2) is 11.6 Å². The van der Waals surface area contributed by atoms with Crippen LogP contribution in [0.25, 0.3) is 0 Å². The van der Waals surface area contributed by atoms with Crippen LogP contribution in [0.3, 0.4) is 0 Å². The largest absolute Gasteiger partial charge is 0.494 e. The Morgan fingerprint density at radius 3 is 2.84 bits per heavy atom. The fourth-order valence-corrected chi connectivity index (χ4v) is 2.30. The summed E-state index contributed by atoms with van der Waals surface area (Å²) in [6, 6.07) is 9.74. The van der Waals surface area contributed by atoms with E-state index in [0.29, 0.717) is 6.61 Å². The second-order valence-corrected chi connectivity index (χ2v) is 4.96. The molecule has 1 heterocycles. The predicted molar refractivity (Wildman–Crippen MR) is 78.7 cm³/mol. The molecule has 0 fully saturated rings. The van der Waals surface area contributed by atoms with Gasteiger partial charge in [0.2, 0.25) is 0 Å². The summed E-state index contributed by atoms with van der Waals surface area (Å²) in [4.78, 5) is 4.16. The number of nitrogens with one attached hydrogen (secondary N) is 1. The Morgan fingerprint density at radius 1 is 1.32 bits per heavy atom. The van der Waals surface area contributed by atoms with E-state index in [9.17, 15) is 0 Å². The van der Waals surface area contributed by atoms with Crippen LogP contribution in [0.4, 0.5) is 0 Å². The molecule has 1 aromatic heterocycles. The molecule has 0 spiro atoms. The van der Waals surface area contributed by atoms with Gasteiger partial charge in [0.05, 0.1) is 12.6 Å². The van der Waals surface area contributed by atoms with Crippen LogP contribution in [0, 0.1) is 0 Å². The lowest BCUT2D eigenvalue weighted by molar-refractivity contribution is 0.339. The normalized spacial score (nSPS) is 12.2. The first-order valence-electron chi connectivity index (χ1n) is 6.04. The SMILES string of the molecule is CCOc1cccc(C(NN)c2cncc(Br)c2)c1. The summed E-state index contributed by atoms with van der Waals surface area (Å²) in [5.74, 6) is 6.51. The molecule has 3 N–H and O–H groups in total. The van der Waals surface area contributed by atoms with Crippen molar-refractivity contribution in [3.63, 3.8) is 0 Å². The fraction of sp³-hybridized carbons (Fsp3) is 0.214. The summed E-state index contributed by atoms with van der Waals surface area (Å²) in [5.41, 5.74) is 4.84. The van der Waals surface area contributed by atoms with Crippen molar-refractivity contribution in [1.29, 1.82) is 0 Å². The van der Waals surface area contributed by atoms with Crippen molar-refractivity contribution in [3.05, 3.63) is 58.3 Å². The highest BCUT2D eigenvalue weighted by Crippen LogP contribution is 2.25. The highest BCUT2D eigenvalue weighted by atomic mass is 79.9. The van der Waals surface area contributed by atoms with Crippen molar-refractivity contribution in [2.45, 2.75) is 13.0 Å². The molecule has 0 aliphatic heterocycles. The molecule has 0 bridgehead atoms. The number of nitrogens with two attached hydrogens (primary N) is 1. The van der Waals surface area contributed by atoms with Crippen LogP contribution >= 0.6 is 15.9 Å². The van der Waals surface area contributed by atoms with E-state index in [1.54, 1.807) is 12.4 Å². The van der Waals surface area contributed by atoms with Crippen LogP contribution in [0.5, 0.6) is 5.75 Å². The minimum atomic E-state index is -0.120. The summed E-state index contributed by atoms with van der Waals surface area (Å²) in [6.07, 6.45) is 3.54. The molecule has 0 saturated heterocycles. The van der Waals surface area contributed by atoms with Gasteiger partial charge in [0.1, 0.15) is 5.75 Å². The zero-order valence-electron chi connectivity index (χ0n) is 10.6. The molecule has 0 radical (unpaired) electrons. The summed E-state index contributed by atoms with van der Waals surface area (Å²) in [7, 11) is 0. The number of hydrogen-bond acceptors (Lipinski definition) is 4. The lowest BCUT2D eigenvalue weighted by Crippen LogP contribution is -2.28. The van der Waals surface area contributed by atoms with Crippen molar-refractivity contribution in [3.8, 4) is 5.75 Å². The van der Waals surface area contributed by atoms with E-state index >= 15 is 0 Å². The van der Waals surface area contributed by atoms with Crippen molar-refractivity contribution in [2.75, 3.05) is 6.61 Å². The molecular weight excluding hydrogens is 306 g/mol. The number of nitrogens with zero attached hydrogens (tertiary/aromatic N) is 1. The van der Waals surface area contributed by atoms with Gasteiger partial charge in [0.15, 0.2) is 0 Å². The van der Waals surface area contributed by atoms with Gasteiger partial charge in [0.25, 0.3) is 0 Å². The van der Waals surface area contributed by atoms with Crippen molar-refractivity contribution >= 4 is 15.9 Å². The summed E-state index contributed by atoms with van der Waals surface area (Å²) in [5, 5.41) is 0. The Hall–Kier alpha value is -1.43. The zero-order valence-corrected chi connectivity index (χ0v) is 12.2. The van der Waals surface area contributed by atoms with E-state index in [1.807, 2.05) is 37.3 Å². The maximum absolute atomic E-state index is 5.68. The average molecular weight is 322 g/mol. The number of aromatic nitrogens is 1. The van der Waals surface area contributed by atoms with Crippen molar-refractivity contribution < 1.29 is 4.74 Å². The molecule has 0 aliphatic carbocycles. The smallest absolute Gasteiger partial charge is 0.119 e. The second kappa shape index (κ2) is 6.65. The van der Waals surface area contributed by atoms with Gasteiger partial charge in [-0.15, -0.1) is 0 Å². The quantitative estimate of drug-likeness (QED) is 0.656. The molecule has 4 nitrogen and oxygen atoms in total. The average Bonchev–Trinajstić information content (AvgIpc) is 2.41. The highest BCUT2D eigenvalue weighted by molar-refractivity contribution is 9.10.